The molecule has 0 aliphatic heterocycles. The van der Waals surface area contributed by atoms with Gasteiger partial charge >= 0.3 is 0 Å². The molecular weight excluding hydrogens is 163 g/mol. The second kappa shape index (κ2) is 6.62. The molecule has 56 valence electrons. The quantitative estimate of drug-likeness (QED) is 0.499. The third kappa shape index (κ3) is 8.50. The summed E-state index contributed by atoms with van der Waals surface area (Å²) in [6, 6.07) is 0. The number of hydrogen-bond donors (Lipinski definition) is 1. The van der Waals surface area contributed by atoms with E-state index in [9.17, 15) is 0 Å². The van der Waals surface area contributed by atoms with Crippen LogP contribution in [0.25, 0.3) is 0 Å². The Morgan fingerprint density at radius 1 is 1.56 bits per heavy atom. The van der Waals surface area contributed by atoms with Gasteiger partial charge in [0.05, 0.1) is 6.61 Å². The van der Waals surface area contributed by atoms with Crippen molar-refractivity contribution in [2.24, 2.45) is 0 Å². The van der Waals surface area contributed by atoms with Crippen molar-refractivity contribution in [2.45, 2.75) is 12.0 Å². The number of aliphatic hydroxyl groups excluding tert-OH is 1. The van der Waals surface area contributed by atoms with E-state index in [-0.39, 0.29) is 6.61 Å². The Morgan fingerprint density at radius 3 is 2.67 bits per heavy atom. The predicted molar refractivity (Wildman–Crippen MR) is 38.0 cm³/mol. The Morgan fingerprint density at radius 2 is 2.22 bits per heavy atom. The van der Waals surface area contributed by atoms with E-state index >= 15 is 0 Å². The van der Waals surface area contributed by atoms with Gasteiger partial charge in [-0.25, -0.2) is 0 Å². The SMILES string of the molecule is OC(Cl)COCCCCl. The van der Waals surface area contributed by atoms with E-state index in [0.29, 0.717) is 12.5 Å². The minimum absolute atomic E-state index is 0.179. The molecule has 0 heterocycles. The standard InChI is InChI=1S/C5H10Cl2O2/c6-2-1-3-9-4-5(7)8/h5,8H,1-4H2. The van der Waals surface area contributed by atoms with Gasteiger partial charge in [0.15, 0.2) is 5.56 Å². The third-order valence-corrected chi connectivity index (χ3v) is 1.07. The van der Waals surface area contributed by atoms with Gasteiger partial charge in [0, 0.05) is 12.5 Å². The van der Waals surface area contributed by atoms with E-state index in [0.717, 1.165) is 6.42 Å². The fourth-order valence-electron chi connectivity index (χ4n) is 0.337. The van der Waals surface area contributed by atoms with Crippen LogP contribution in [0.3, 0.4) is 0 Å². The average Bonchev–Trinajstić information content (AvgIpc) is 1.80. The molecule has 0 amide bonds. The normalized spacial score (nSPS) is 13.7. The molecule has 0 aliphatic carbocycles. The summed E-state index contributed by atoms with van der Waals surface area (Å²) in [4.78, 5) is 0. The number of hydrogen-bond acceptors (Lipinski definition) is 2. The molecule has 0 aromatic rings. The lowest BCUT2D eigenvalue weighted by atomic mass is 10.5. The van der Waals surface area contributed by atoms with E-state index < -0.39 is 5.56 Å². The first-order valence-corrected chi connectivity index (χ1v) is 3.70. The van der Waals surface area contributed by atoms with Gasteiger partial charge in [0.1, 0.15) is 0 Å². The number of alkyl halides is 2. The van der Waals surface area contributed by atoms with E-state index in [1.54, 1.807) is 0 Å². The van der Waals surface area contributed by atoms with Gasteiger partial charge < -0.3 is 9.84 Å². The highest BCUT2D eigenvalue weighted by Crippen LogP contribution is 1.92. The molecule has 9 heavy (non-hydrogen) atoms. The van der Waals surface area contributed by atoms with Crippen LogP contribution in [0.2, 0.25) is 0 Å². The van der Waals surface area contributed by atoms with Crippen molar-refractivity contribution in [3.8, 4) is 0 Å². The minimum Gasteiger partial charge on any atom is -0.377 e. The van der Waals surface area contributed by atoms with Gasteiger partial charge in [0.25, 0.3) is 0 Å². The zero-order chi connectivity index (χ0) is 7.11. The van der Waals surface area contributed by atoms with E-state index in [1.165, 1.54) is 0 Å². The van der Waals surface area contributed by atoms with Crippen LogP contribution in [0, 0.1) is 0 Å². The van der Waals surface area contributed by atoms with Crippen molar-refractivity contribution in [1.82, 2.24) is 0 Å². The molecule has 2 nitrogen and oxygen atoms in total. The van der Waals surface area contributed by atoms with Crippen LogP contribution in [0.1, 0.15) is 6.42 Å². The second-order valence-electron chi connectivity index (χ2n) is 1.55. The summed E-state index contributed by atoms with van der Waals surface area (Å²) in [6.07, 6.45) is 0.797. The minimum atomic E-state index is -0.889. The zero-order valence-electron chi connectivity index (χ0n) is 5.02. The first-order chi connectivity index (χ1) is 4.27. The van der Waals surface area contributed by atoms with E-state index in [1.807, 2.05) is 0 Å². The summed E-state index contributed by atoms with van der Waals surface area (Å²) in [5, 5.41) is 8.46. The molecule has 0 aromatic carbocycles. The highest BCUT2D eigenvalue weighted by atomic mass is 35.5. The molecule has 0 spiro atoms. The van der Waals surface area contributed by atoms with Gasteiger partial charge in [-0.15, -0.1) is 11.6 Å². The number of ether oxygens (including phenoxy) is 1. The smallest absolute Gasteiger partial charge is 0.151 e. The molecule has 0 saturated heterocycles. The highest BCUT2D eigenvalue weighted by Gasteiger charge is 1.95. The summed E-state index contributed by atoms with van der Waals surface area (Å²) >= 11 is 10.5. The van der Waals surface area contributed by atoms with Crippen molar-refractivity contribution in [3.05, 3.63) is 0 Å². The first kappa shape index (κ1) is 9.50. The molecule has 0 radical (unpaired) electrons. The summed E-state index contributed by atoms with van der Waals surface area (Å²) in [6.45, 7) is 0.742. The molecule has 1 unspecified atom stereocenters. The number of halogens is 2. The number of rotatable bonds is 5. The summed E-state index contributed by atoms with van der Waals surface area (Å²) in [5.74, 6) is 0.582. The average molecular weight is 173 g/mol. The fraction of sp³-hybridized carbons (Fsp3) is 1.00. The Bertz CT molecular complexity index is 58.9. The maximum Gasteiger partial charge on any atom is 0.151 e. The molecule has 0 saturated carbocycles. The molecule has 1 N–H and O–H groups in total. The molecule has 0 aromatic heterocycles. The fourth-order valence-corrected chi connectivity index (χ4v) is 0.535. The monoisotopic (exact) mass is 172 g/mol. The Labute approximate surface area is 64.7 Å². The van der Waals surface area contributed by atoms with Gasteiger partial charge in [-0.05, 0) is 6.42 Å². The van der Waals surface area contributed by atoms with Gasteiger partial charge in [-0.1, -0.05) is 11.6 Å². The lowest BCUT2D eigenvalue weighted by molar-refractivity contribution is 0.0750. The lowest BCUT2D eigenvalue weighted by Gasteiger charge is -2.01. The summed E-state index contributed by atoms with van der Waals surface area (Å²) in [7, 11) is 0. The van der Waals surface area contributed by atoms with E-state index in [2.05, 4.69) is 0 Å². The van der Waals surface area contributed by atoms with E-state index in [4.69, 9.17) is 33.0 Å². The van der Waals surface area contributed by atoms with Crippen LogP contribution in [0.4, 0.5) is 0 Å². The van der Waals surface area contributed by atoms with Crippen molar-refractivity contribution < 1.29 is 9.84 Å². The van der Waals surface area contributed by atoms with Crippen molar-refractivity contribution >= 4 is 23.2 Å². The largest absolute Gasteiger partial charge is 0.377 e. The van der Waals surface area contributed by atoms with Crippen molar-refractivity contribution in [1.29, 1.82) is 0 Å². The molecule has 0 fully saturated rings. The van der Waals surface area contributed by atoms with Gasteiger partial charge in [-0.3, -0.25) is 0 Å². The highest BCUT2D eigenvalue weighted by molar-refractivity contribution is 6.19. The molecular formula is C5H10Cl2O2. The Balaban J connectivity index is 2.75. The predicted octanol–water partition coefficient (Wildman–Crippen LogP) is 1.19. The molecule has 1 atom stereocenters. The van der Waals surface area contributed by atoms with Crippen molar-refractivity contribution in [3.63, 3.8) is 0 Å². The van der Waals surface area contributed by atoms with Crippen LogP contribution in [0.5, 0.6) is 0 Å². The molecule has 0 rings (SSSR count). The lowest BCUT2D eigenvalue weighted by Crippen LogP contribution is -2.08. The van der Waals surface area contributed by atoms with Crippen LogP contribution in [0.15, 0.2) is 0 Å². The molecule has 0 bridgehead atoms. The van der Waals surface area contributed by atoms with Gasteiger partial charge in [0.2, 0.25) is 0 Å². The van der Waals surface area contributed by atoms with Crippen LogP contribution in [-0.2, 0) is 4.74 Å². The van der Waals surface area contributed by atoms with Crippen molar-refractivity contribution in [2.75, 3.05) is 19.1 Å². The molecule has 4 heteroatoms. The third-order valence-electron chi connectivity index (χ3n) is 0.678. The zero-order valence-corrected chi connectivity index (χ0v) is 6.53. The Kier molecular flexibility index (Phi) is 6.99. The first-order valence-electron chi connectivity index (χ1n) is 2.73. The topological polar surface area (TPSA) is 29.5 Å². The second-order valence-corrected chi connectivity index (χ2v) is 2.43. The summed E-state index contributed by atoms with van der Waals surface area (Å²) < 4.78 is 4.87. The maximum atomic E-state index is 8.46. The van der Waals surface area contributed by atoms with Crippen LogP contribution in [-0.4, -0.2) is 29.8 Å². The number of aliphatic hydroxyl groups is 1. The Hall–Kier alpha value is 0.500. The van der Waals surface area contributed by atoms with Crippen LogP contribution >= 0.6 is 23.2 Å². The van der Waals surface area contributed by atoms with Crippen LogP contribution < -0.4 is 0 Å². The van der Waals surface area contributed by atoms with Gasteiger partial charge in [-0.2, -0.15) is 0 Å². The molecule has 0 aliphatic rings. The maximum absolute atomic E-state index is 8.46. The summed E-state index contributed by atoms with van der Waals surface area (Å²) in [5.41, 5.74) is -0.889.